The van der Waals surface area contributed by atoms with Crippen LogP contribution < -0.4 is 11.1 Å². The van der Waals surface area contributed by atoms with E-state index in [0.717, 1.165) is 22.3 Å². The van der Waals surface area contributed by atoms with E-state index in [1.54, 1.807) is 36.7 Å². The van der Waals surface area contributed by atoms with Crippen molar-refractivity contribution in [3.63, 3.8) is 0 Å². The van der Waals surface area contributed by atoms with E-state index in [1.807, 2.05) is 79.2 Å². The molecule has 0 saturated heterocycles. The number of aromatic nitrogens is 4. The molecule has 49 heavy (non-hydrogen) atoms. The van der Waals surface area contributed by atoms with Crippen molar-refractivity contribution in [1.29, 1.82) is 0 Å². The number of anilines is 2. The first-order chi connectivity index (χ1) is 23.8. The standard InChI is InChI=1S/C18H13N3O2S.C15H11NO3.C3H4N2S/c1-11-5-2-3-6-12(11)17-20-15-13(7-4-8-14(15)23-17)16(22)21-18-19-9-10-24-18;1-9-5-2-3-6-10(9)14-16-13-11(15(17)18)7-4-8-12(13)19-14;4-3-5-1-2-6-3/h2-10H,1H3,(H,19,21,22);2-8H,1H3,(H,17,18);1-2H,(H2,4,5). The number of fused-ring (bicyclic) bond motifs is 2. The maximum atomic E-state index is 12.5. The van der Waals surface area contributed by atoms with Gasteiger partial charge in [0.1, 0.15) is 11.0 Å². The lowest BCUT2D eigenvalue weighted by atomic mass is 10.1. The lowest BCUT2D eigenvalue weighted by Crippen LogP contribution is -2.12. The van der Waals surface area contributed by atoms with E-state index in [1.165, 1.54) is 28.7 Å². The number of carbonyl (C=O) groups is 2. The van der Waals surface area contributed by atoms with Crippen LogP contribution >= 0.6 is 22.7 Å². The minimum Gasteiger partial charge on any atom is -0.478 e. The number of nitrogens with zero attached hydrogens (tertiary/aromatic N) is 4. The van der Waals surface area contributed by atoms with Gasteiger partial charge in [-0.05, 0) is 61.4 Å². The highest BCUT2D eigenvalue weighted by Crippen LogP contribution is 2.30. The topological polar surface area (TPSA) is 170 Å². The number of aromatic carboxylic acids is 1. The second kappa shape index (κ2) is 14.7. The van der Waals surface area contributed by atoms with E-state index in [4.69, 9.17) is 19.7 Å². The quantitative estimate of drug-likeness (QED) is 0.159. The molecule has 244 valence electrons. The van der Waals surface area contributed by atoms with E-state index in [9.17, 15) is 9.59 Å². The molecule has 0 fully saturated rings. The Bertz CT molecular complexity index is 2370. The second-order valence-corrected chi connectivity index (χ2v) is 12.3. The number of rotatable bonds is 5. The lowest BCUT2D eigenvalue weighted by Gasteiger charge is -2.01. The summed E-state index contributed by atoms with van der Waals surface area (Å²) >= 11 is 2.81. The number of hydrogen-bond acceptors (Lipinski definition) is 11. The first kappa shape index (κ1) is 32.7. The molecule has 4 N–H and O–H groups in total. The molecule has 8 rings (SSSR count). The zero-order valence-corrected chi connectivity index (χ0v) is 27.8. The molecule has 0 bridgehead atoms. The van der Waals surface area contributed by atoms with Crippen molar-refractivity contribution in [3.05, 3.63) is 130 Å². The fraction of sp³-hybridized carbons (Fsp3) is 0.0556. The van der Waals surface area contributed by atoms with E-state index in [0.29, 0.717) is 49.8 Å². The molecular formula is C36H28N6O5S2. The molecule has 0 aliphatic carbocycles. The average molecular weight is 689 g/mol. The van der Waals surface area contributed by atoms with Crippen LogP contribution in [-0.4, -0.2) is 36.9 Å². The number of nitrogens with two attached hydrogens (primary N) is 1. The monoisotopic (exact) mass is 688 g/mol. The van der Waals surface area contributed by atoms with Gasteiger partial charge < -0.3 is 19.7 Å². The minimum absolute atomic E-state index is 0.154. The number of oxazole rings is 2. The van der Waals surface area contributed by atoms with E-state index in [2.05, 4.69) is 25.3 Å². The molecule has 0 radical (unpaired) electrons. The minimum atomic E-state index is -1.00. The van der Waals surface area contributed by atoms with E-state index < -0.39 is 5.97 Å². The molecule has 4 aromatic carbocycles. The van der Waals surface area contributed by atoms with Gasteiger partial charge in [0.15, 0.2) is 21.4 Å². The van der Waals surface area contributed by atoms with Gasteiger partial charge in [-0.1, -0.05) is 48.5 Å². The number of hydrogen-bond donors (Lipinski definition) is 3. The molecule has 13 heteroatoms. The van der Waals surface area contributed by atoms with Crippen molar-refractivity contribution in [3.8, 4) is 22.9 Å². The van der Waals surface area contributed by atoms with Crippen LogP contribution in [0.2, 0.25) is 0 Å². The van der Waals surface area contributed by atoms with Gasteiger partial charge in [0.2, 0.25) is 11.8 Å². The molecule has 0 aliphatic rings. The number of aryl methyl sites for hydroxylation is 2. The first-order valence-corrected chi connectivity index (χ1v) is 16.5. The molecule has 1 amide bonds. The van der Waals surface area contributed by atoms with Gasteiger partial charge in [-0.25, -0.2) is 24.7 Å². The van der Waals surface area contributed by atoms with Crippen LogP contribution in [0.4, 0.5) is 10.3 Å². The van der Waals surface area contributed by atoms with E-state index in [-0.39, 0.29) is 11.5 Å². The molecule has 0 spiro atoms. The first-order valence-electron chi connectivity index (χ1n) is 14.8. The SMILES string of the molecule is Cc1ccccc1-c1nc2c(C(=O)Nc3nccs3)cccc2o1.Cc1ccccc1-c1nc2c(C(=O)O)cccc2o1.Nc1nccs1. The van der Waals surface area contributed by atoms with Gasteiger partial charge in [0.25, 0.3) is 5.91 Å². The number of carbonyl (C=O) groups excluding carboxylic acids is 1. The van der Waals surface area contributed by atoms with Gasteiger partial charge in [-0.15, -0.1) is 22.7 Å². The molecule has 4 heterocycles. The third-order valence-electron chi connectivity index (χ3n) is 7.17. The summed E-state index contributed by atoms with van der Waals surface area (Å²) in [6.45, 7) is 3.96. The highest BCUT2D eigenvalue weighted by Gasteiger charge is 2.18. The summed E-state index contributed by atoms with van der Waals surface area (Å²) in [7, 11) is 0. The average Bonchev–Trinajstić information content (AvgIpc) is 3.93. The Kier molecular flexibility index (Phi) is 9.83. The molecule has 8 aromatic rings. The Morgan fingerprint density at radius 2 is 1.22 bits per heavy atom. The van der Waals surface area contributed by atoms with Gasteiger partial charge in [0.05, 0.1) is 11.1 Å². The van der Waals surface area contributed by atoms with Crippen LogP contribution in [-0.2, 0) is 0 Å². The zero-order valence-electron chi connectivity index (χ0n) is 26.2. The maximum absolute atomic E-state index is 12.5. The summed E-state index contributed by atoms with van der Waals surface area (Å²) in [5, 5.41) is 16.8. The number of nitrogen functional groups attached to an aromatic ring is 1. The number of para-hydroxylation sites is 2. The molecular weight excluding hydrogens is 661 g/mol. The van der Waals surface area contributed by atoms with E-state index >= 15 is 0 Å². The van der Waals surface area contributed by atoms with Crippen molar-refractivity contribution < 1.29 is 23.5 Å². The summed E-state index contributed by atoms with van der Waals surface area (Å²) in [6, 6.07) is 25.8. The van der Waals surface area contributed by atoms with Crippen LogP contribution in [0.5, 0.6) is 0 Å². The number of nitrogens with one attached hydrogen (secondary N) is 1. The number of carboxylic acid groups (broad SMARTS) is 1. The Labute approximate surface area is 287 Å². The zero-order chi connectivity index (χ0) is 34.3. The Balaban J connectivity index is 0.000000148. The summed E-state index contributed by atoms with van der Waals surface area (Å²) in [5.41, 5.74) is 11.7. The van der Waals surface area contributed by atoms with Crippen molar-refractivity contribution in [2.45, 2.75) is 13.8 Å². The van der Waals surface area contributed by atoms with Crippen molar-refractivity contribution in [1.82, 2.24) is 19.9 Å². The smallest absolute Gasteiger partial charge is 0.338 e. The van der Waals surface area contributed by atoms with Crippen LogP contribution in [0.3, 0.4) is 0 Å². The Morgan fingerprint density at radius 1 is 0.694 bits per heavy atom. The largest absolute Gasteiger partial charge is 0.478 e. The predicted octanol–water partition coefficient (Wildman–Crippen LogP) is 8.74. The summed E-state index contributed by atoms with van der Waals surface area (Å²) in [4.78, 5) is 40.3. The summed E-state index contributed by atoms with van der Waals surface area (Å²) in [6.07, 6.45) is 3.33. The van der Waals surface area contributed by atoms with Crippen molar-refractivity contribution in [2.24, 2.45) is 0 Å². The highest BCUT2D eigenvalue weighted by atomic mass is 32.1. The van der Waals surface area contributed by atoms with Crippen LogP contribution in [0.15, 0.2) is 117 Å². The van der Waals surface area contributed by atoms with Crippen LogP contribution in [0, 0.1) is 13.8 Å². The van der Waals surface area contributed by atoms with Gasteiger partial charge in [-0.2, -0.15) is 0 Å². The number of benzene rings is 4. The fourth-order valence-corrected chi connectivity index (χ4v) is 5.70. The van der Waals surface area contributed by atoms with Crippen molar-refractivity contribution in [2.75, 3.05) is 11.1 Å². The van der Waals surface area contributed by atoms with Gasteiger partial charge in [-0.3, -0.25) is 10.1 Å². The third kappa shape index (κ3) is 7.53. The number of thiazole rings is 2. The summed E-state index contributed by atoms with van der Waals surface area (Å²) in [5.74, 6) is -0.296. The Hall–Kier alpha value is -6.18. The molecule has 0 atom stereocenters. The lowest BCUT2D eigenvalue weighted by molar-refractivity contribution is 0.0698. The summed E-state index contributed by atoms with van der Waals surface area (Å²) < 4.78 is 11.5. The Morgan fingerprint density at radius 3 is 1.69 bits per heavy atom. The highest BCUT2D eigenvalue weighted by molar-refractivity contribution is 7.13. The fourth-order valence-electron chi connectivity index (χ4n) is 4.79. The predicted molar refractivity (Wildman–Crippen MR) is 192 cm³/mol. The normalized spacial score (nSPS) is 10.6. The maximum Gasteiger partial charge on any atom is 0.338 e. The molecule has 4 aromatic heterocycles. The van der Waals surface area contributed by atoms with Crippen LogP contribution in [0.25, 0.3) is 45.1 Å². The molecule has 0 unspecified atom stereocenters. The number of amides is 1. The van der Waals surface area contributed by atoms with Gasteiger partial charge in [0, 0.05) is 34.3 Å². The number of carboxylic acids is 1. The molecule has 0 aliphatic heterocycles. The second-order valence-electron chi connectivity index (χ2n) is 10.4. The van der Waals surface area contributed by atoms with Gasteiger partial charge >= 0.3 is 5.97 Å². The third-order valence-corrected chi connectivity index (χ3v) is 8.46. The molecule has 0 saturated carbocycles. The molecule has 11 nitrogen and oxygen atoms in total. The van der Waals surface area contributed by atoms with Crippen LogP contribution in [0.1, 0.15) is 31.8 Å². The van der Waals surface area contributed by atoms with Crippen molar-refractivity contribution >= 4 is 67.0 Å².